The van der Waals surface area contributed by atoms with Gasteiger partial charge >= 0.3 is 11.9 Å². The first-order valence-corrected chi connectivity index (χ1v) is 16.7. The first kappa shape index (κ1) is 50.3. The summed E-state index contributed by atoms with van der Waals surface area (Å²) in [6.07, 6.45) is 1.84. The van der Waals surface area contributed by atoms with Crippen LogP contribution in [0.15, 0.2) is 11.0 Å². The van der Waals surface area contributed by atoms with Crippen LogP contribution in [0, 0.1) is 80.6 Å². The number of aromatic hydroxyl groups is 1. The van der Waals surface area contributed by atoms with Gasteiger partial charge in [0.25, 0.3) is 5.56 Å². The van der Waals surface area contributed by atoms with Crippen molar-refractivity contribution in [2.75, 3.05) is 14.2 Å². The zero-order valence-corrected chi connectivity index (χ0v) is 34.8. The van der Waals surface area contributed by atoms with Crippen LogP contribution in [0.3, 0.4) is 0 Å². The summed E-state index contributed by atoms with van der Waals surface area (Å²) in [5, 5.41) is 16.6. The van der Waals surface area contributed by atoms with Crippen molar-refractivity contribution in [1.29, 1.82) is 5.41 Å². The van der Waals surface area contributed by atoms with E-state index in [1.807, 2.05) is 47.7 Å². The fourth-order valence-electron chi connectivity index (χ4n) is 3.01. The van der Waals surface area contributed by atoms with Gasteiger partial charge < -0.3 is 25.3 Å². The number of hydrogen-bond acceptors (Lipinski definition) is 14. The lowest BCUT2D eigenvalue weighted by atomic mass is 10.2. The normalized spacial score (nSPS) is 9.47. The maximum absolute atomic E-state index is 10.8. The summed E-state index contributed by atoms with van der Waals surface area (Å²) < 4.78 is 8.59. The molecule has 19 heteroatoms. The molecule has 4 aromatic rings. The summed E-state index contributed by atoms with van der Waals surface area (Å²) in [7, 11) is 2.45. The summed E-state index contributed by atoms with van der Waals surface area (Å²) in [6.45, 7) is 21.2. The number of aryl methyl sites for hydroxylation is 7. The van der Waals surface area contributed by atoms with Crippen LogP contribution in [0.4, 0.5) is 0 Å². The van der Waals surface area contributed by atoms with Crippen LogP contribution >= 0.6 is 34.8 Å². The molecular formula is C34H49Cl3N10O6. The number of carbonyl (C=O) groups is 2. The lowest BCUT2D eigenvalue weighted by molar-refractivity contribution is -0.157. The number of nitrogens with zero attached hydrogens (tertiary/aromatic N) is 7. The second kappa shape index (κ2) is 25.2. The predicted octanol–water partition coefficient (Wildman–Crippen LogP) is 5.86. The molecule has 0 aliphatic heterocycles. The molecule has 16 nitrogen and oxygen atoms in total. The number of carbonyl (C=O) groups excluding carboxylic acids is 2. The molecule has 0 saturated heterocycles. The van der Waals surface area contributed by atoms with Crippen LogP contribution in [-0.2, 0) is 19.1 Å². The van der Waals surface area contributed by atoms with Crippen molar-refractivity contribution in [2.24, 2.45) is 11.7 Å². The third-order valence-corrected chi connectivity index (χ3v) is 7.38. The van der Waals surface area contributed by atoms with E-state index in [9.17, 15) is 14.4 Å². The molecule has 0 aromatic carbocycles. The van der Waals surface area contributed by atoms with Crippen molar-refractivity contribution in [1.82, 2.24) is 39.9 Å². The van der Waals surface area contributed by atoms with Crippen LogP contribution in [0.5, 0.6) is 5.88 Å². The molecule has 4 rings (SSSR count). The highest BCUT2D eigenvalue weighted by Gasteiger charge is 2.22. The number of methoxy groups -OCH3 is 2. The van der Waals surface area contributed by atoms with Gasteiger partial charge in [0.2, 0.25) is 5.88 Å². The fourth-order valence-corrected chi connectivity index (χ4v) is 3.74. The van der Waals surface area contributed by atoms with Crippen molar-refractivity contribution in [3.05, 3.63) is 88.9 Å². The minimum absolute atomic E-state index is 0.167. The van der Waals surface area contributed by atoms with E-state index in [-0.39, 0.29) is 22.8 Å². The molecule has 0 atom stereocenters. The molecule has 292 valence electrons. The van der Waals surface area contributed by atoms with Crippen molar-refractivity contribution in [2.45, 2.75) is 83.1 Å². The summed E-state index contributed by atoms with van der Waals surface area (Å²) in [5.41, 5.74) is 9.54. The van der Waals surface area contributed by atoms with Crippen molar-refractivity contribution in [3.8, 4) is 5.88 Å². The molecule has 0 radical (unpaired) electrons. The van der Waals surface area contributed by atoms with Gasteiger partial charge in [0.1, 0.15) is 38.8 Å². The number of amidine groups is 1. The Kier molecular flexibility index (Phi) is 23.9. The van der Waals surface area contributed by atoms with Crippen LogP contribution in [0.1, 0.15) is 70.8 Å². The molecule has 0 aliphatic rings. The largest absolute Gasteiger partial charge is 0.493 e. The number of rotatable bonds is 2. The van der Waals surface area contributed by atoms with Crippen LogP contribution in [0.25, 0.3) is 0 Å². The van der Waals surface area contributed by atoms with Gasteiger partial charge in [-0.3, -0.25) is 19.8 Å². The number of halogens is 3. The van der Waals surface area contributed by atoms with E-state index in [2.05, 4.69) is 49.3 Å². The first-order valence-electron chi connectivity index (χ1n) is 15.5. The number of esters is 2. The molecule has 4 heterocycles. The minimum Gasteiger partial charge on any atom is -0.493 e. The monoisotopic (exact) mass is 798 g/mol. The summed E-state index contributed by atoms with van der Waals surface area (Å²) in [6, 6.07) is 0. The van der Waals surface area contributed by atoms with Crippen molar-refractivity contribution in [3.63, 3.8) is 0 Å². The van der Waals surface area contributed by atoms with E-state index in [0.29, 0.717) is 27.1 Å². The second-order valence-corrected chi connectivity index (χ2v) is 12.1. The second-order valence-electron chi connectivity index (χ2n) is 11.0. The van der Waals surface area contributed by atoms with Crippen molar-refractivity contribution < 1.29 is 24.2 Å². The van der Waals surface area contributed by atoms with E-state index in [4.69, 9.17) is 51.1 Å². The molecule has 0 spiro atoms. The minimum atomic E-state index is -0.824. The van der Waals surface area contributed by atoms with E-state index < -0.39 is 17.9 Å². The molecule has 0 aliphatic carbocycles. The predicted molar refractivity (Wildman–Crippen MR) is 206 cm³/mol. The van der Waals surface area contributed by atoms with Gasteiger partial charge in [-0.2, -0.15) is 0 Å². The van der Waals surface area contributed by atoms with Gasteiger partial charge in [-0.05, 0) is 88.6 Å². The fraction of sp³-hybridized carbons (Fsp3) is 0.441. The Balaban J connectivity index is 0. The molecule has 0 bridgehead atoms. The van der Waals surface area contributed by atoms with Crippen LogP contribution < -0.4 is 11.3 Å². The standard InChI is InChI=1S/C7H9ClN2.C7H10N2.C6H6Cl2N2.C6H8N2O2.C6H10O4.C2H6N2/c1-4-5(2)9-6(3)10-7(4)8;1-5-4-8-7(3)9-6(5)2;1-3-5(7)9-4(2)10-6(3)8;1-3-5(9)7-4(2)8-6(3)10;1-4(5(7)9-2)6(8)10-3;1-2(3)4/h1-3H3;4H,1-3H3;1-2H3;1-2H3,(H2,7,8,9,10);4H,1-3H3;1H3,(H3,3,4). The van der Waals surface area contributed by atoms with E-state index in [0.717, 1.165) is 39.7 Å². The molecule has 0 saturated carbocycles. The number of nitrogens with two attached hydrogens (primary N) is 1. The van der Waals surface area contributed by atoms with E-state index in [1.165, 1.54) is 35.0 Å². The summed E-state index contributed by atoms with van der Waals surface area (Å²) >= 11 is 17.1. The Morgan fingerprint density at radius 2 is 1.13 bits per heavy atom. The van der Waals surface area contributed by atoms with Gasteiger partial charge in [0, 0.05) is 28.7 Å². The number of ether oxygens (including phenoxy) is 2. The molecule has 0 fully saturated rings. The zero-order valence-electron chi connectivity index (χ0n) is 32.5. The first-order chi connectivity index (χ1) is 24.4. The quantitative estimate of drug-likeness (QED) is 0.0610. The van der Waals surface area contributed by atoms with Crippen molar-refractivity contribution >= 4 is 52.6 Å². The highest BCUT2D eigenvalue weighted by Crippen LogP contribution is 2.18. The number of aromatic nitrogens is 8. The average Bonchev–Trinajstić information content (AvgIpc) is 3.06. The van der Waals surface area contributed by atoms with Gasteiger partial charge in [-0.25, -0.2) is 34.9 Å². The van der Waals surface area contributed by atoms with Gasteiger partial charge in [-0.15, -0.1) is 0 Å². The Morgan fingerprint density at radius 1 is 0.736 bits per heavy atom. The van der Waals surface area contributed by atoms with E-state index >= 15 is 0 Å². The number of nitrogens with one attached hydrogen (secondary N) is 2. The lowest BCUT2D eigenvalue weighted by Crippen LogP contribution is -2.23. The summed E-state index contributed by atoms with van der Waals surface area (Å²) in [4.78, 5) is 62.2. The van der Waals surface area contributed by atoms with Gasteiger partial charge in [-0.1, -0.05) is 34.8 Å². The molecule has 5 N–H and O–H groups in total. The highest BCUT2D eigenvalue weighted by atomic mass is 35.5. The van der Waals surface area contributed by atoms with E-state index in [1.54, 1.807) is 20.8 Å². The average molecular weight is 800 g/mol. The SMILES string of the molecule is CC(=N)N.COC(=O)C(C)C(=O)OC.Cc1nc(C)c(C)c(Cl)n1.Cc1nc(Cl)c(C)c(Cl)n1.Cc1nc(O)c(C)c(=O)[nH]1.Cc1ncc(C)c(C)n1. The number of hydrogen-bond donors (Lipinski definition) is 4. The summed E-state index contributed by atoms with van der Waals surface area (Å²) in [5.74, 6) is 0.592. The Morgan fingerprint density at radius 3 is 1.49 bits per heavy atom. The van der Waals surface area contributed by atoms with Gasteiger partial charge in [0.05, 0.1) is 25.6 Å². The molecule has 0 amide bonds. The lowest BCUT2D eigenvalue weighted by Gasteiger charge is -2.04. The molecule has 4 aromatic heterocycles. The Hall–Kier alpha value is -4.80. The van der Waals surface area contributed by atoms with Crippen LogP contribution in [0.2, 0.25) is 15.5 Å². The Bertz CT molecular complexity index is 1770. The third-order valence-electron chi connectivity index (χ3n) is 6.28. The topological polar surface area (TPSA) is 246 Å². The maximum atomic E-state index is 10.8. The third kappa shape index (κ3) is 20.7. The number of H-pyrrole nitrogens is 1. The highest BCUT2D eigenvalue weighted by molar-refractivity contribution is 6.34. The molecular weight excluding hydrogens is 751 g/mol. The Labute approximate surface area is 324 Å². The zero-order chi connectivity index (χ0) is 41.7. The maximum Gasteiger partial charge on any atom is 0.319 e. The smallest absolute Gasteiger partial charge is 0.319 e. The molecule has 53 heavy (non-hydrogen) atoms. The molecule has 0 unspecified atom stereocenters. The number of aromatic amines is 1. The van der Waals surface area contributed by atoms with Crippen LogP contribution in [-0.4, -0.2) is 77.0 Å². The van der Waals surface area contributed by atoms with Gasteiger partial charge in [0.15, 0.2) is 5.92 Å².